The van der Waals surface area contributed by atoms with Gasteiger partial charge in [-0.1, -0.05) is 29.8 Å². The molecule has 0 radical (unpaired) electrons. The standard InChI is InChI=1S/C22H31N5O2S.HI/c1-3-24-22(25-14-12-18-6-10-21(11-7-18)30(23,28)29)26-19-13-15-27(16-19)20-8-4-17(2)5-9-20;/h4-11,19H,3,12-16H2,1-2H3,(H2,23,28,29)(H2,24,25,26);1H. The topological polar surface area (TPSA) is 99.8 Å². The van der Waals surface area contributed by atoms with E-state index in [0.29, 0.717) is 12.6 Å². The van der Waals surface area contributed by atoms with E-state index in [1.165, 1.54) is 23.4 Å². The van der Waals surface area contributed by atoms with Gasteiger partial charge in [-0.2, -0.15) is 0 Å². The number of hydrogen-bond donors (Lipinski definition) is 3. The Balaban J connectivity index is 0.00000341. The van der Waals surface area contributed by atoms with Crippen molar-refractivity contribution in [1.29, 1.82) is 0 Å². The fourth-order valence-corrected chi connectivity index (χ4v) is 4.04. The normalized spacial score (nSPS) is 16.7. The molecule has 0 amide bonds. The Morgan fingerprint density at radius 1 is 1.16 bits per heavy atom. The summed E-state index contributed by atoms with van der Waals surface area (Å²) in [6, 6.07) is 15.6. The van der Waals surface area contributed by atoms with Crippen molar-refractivity contribution < 1.29 is 8.42 Å². The van der Waals surface area contributed by atoms with E-state index in [0.717, 1.165) is 44.0 Å². The molecule has 1 atom stereocenters. The highest BCUT2D eigenvalue weighted by Crippen LogP contribution is 2.20. The molecule has 1 aliphatic rings. The summed E-state index contributed by atoms with van der Waals surface area (Å²) in [7, 11) is -3.65. The summed E-state index contributed by atoms with van der Waals surface area (Å²) in [4.78, 5) is 7.21. The number of benzene rings is 2. The molecule has 0 spiro atoms. The lowest BCUT2D eigenvalue weighted by atomic mass is 10.1. The molecule has 1 saturated heterocycles. The first-order chi connectivity index (χ1) is 14.3. The Labute approximate surface area is 202 Å². The number of primary sulfonamides is 1. The van der Waals surface area contributed by atoms with Gasteiger partial charge in [0.1, 0.15) is 0 Å². The van der Waals surface area contributed by atoms with Crippen LogP contribution in [0.15, 0.2) is 58.4 Å². The second kappa shape index (κ2) is 11.7. The maximum atomic E-state index is 11.3. The molecule has 31 heavy (non-hydrogen) atoms. The highest BCUT2D eigenvalue weighted by Gasteiger charge is 2.23. The zero-order valence-electron chi connectivity index (χ0n) is 18.0. The van der Waals surface area contributed by atoms with Crippen molar-refractivity contribution in [3.05, 3.63) is 59.7 Å². The molecule has 4 N–H and O–H groups in total. The third-order valence-electron chi connectivity index (χ3n) is 5.19. The number of hydrogen-bond acceptors (Lipinski definition) is 4. The van der Waals surface area contributed by atoms with Gasteiger partial charge in [-0.3, -0.25) is 4.99 Å². The van der Waals surface area contributed by atoms with Crippen LogP contribution in [0.4, 0.5) is 5.69 Å². The second-order valence-corrected chi connectivity index (χ2v) is 9.17. The molecule has 1 unspecified atom stereocenters. The Bertz CT molecular complexity index is 962. The number of anilines is 1. The quantitative estimate of drug-likeness (QED) is 0.276. The smallest absolute Gasteiger partial charge is 0.238 e. The molecule has 2 aromatic rings. The minimum Gasteiger partial charge on any atom is -0.369 e. The van der Waals surface area contributed by atoms with Gasteiger partial charge in [-0.05, 0) is 56.5 Å². The number of nitrogens with two attached hydrogens (primary N) is 1. The number of guanidine groups is 1. The fraction of sp³-hybridized carbons (Fsp3) is 0.409. The van der Waals surface area contributed by atoms with Crippen LogP contribution in [0.3, 0.4) is 0 Å². The van der Waals surface area contributed by atoms with E-state index in [1.807, 2.05) is 0 Å². The van der Waals surface area contributed by atoms with Crippen LogP contribution in [0.5, 0.6) is 0 Å². The summed E-state index contributed by atoms with van der Waals surface area (Å²) in [5.74, 6) is 0.814. The largest absolute Gasteiger partial charge is 0.369 e. The molecule has 9 heteroatoms. The van der Waals surface area contributed by atoms with Crippen molar-refractivity contribution in [2.75, 3.05) is 31.1 Å². The molecule has 0 aliphatic carbocycles. The van der Waals surface area contributed by atoms with E-state index in [2.05, 4.69) is 58.6 Å². The van der Waals surface area contributed by atoms with Gasteiger partial charge < -0.3 is 15.5 Å². The molecule has 0 aromatic heterocycles. The number of halogens is 1. The molecule has 3 rings (SSSR count). The van der Waals surface area contributed by atoms with E-state index in [4.69, 9.17) is 5.14 Å². The monoisotopic (exact) mass is 557 g/mol. The van der Waals surface area contributed by atoms with E-state index < -0.39 is 10.0 Å². The Hall–Kier alpha value is -1.85. The van der Waals surface area contributed by atoms with Crippen molar-refractivity contribution in [3.63, 3.8) is 0 Å². The summed E-state index contributed by atoms with van der Waals surface area (Å²) in [6.45, 7) is 7.53. The van der Waals surface area contributed by atoms with E-state index in [1.54, 1.807) is 12.1 Å². The molecular formula is C22H32IN5O2S. The highest BCUT2D eigenvalue weighted by atomic mass is 127. The Kier molecular flexibility index (Phi) is 9.57. The molecule has 170 valence electrons. The van der Waals surface area contributed by atoms with Crippen LogP contribution in [-0.4, -0.2) is 46.6 Å². The summed E-state index contributed by atoms with van der Waals surface area (Å²) in [5.41, 5.74) is 3.55. The average molecular weight is 558 g/mol. The third kappa shape index (κ3) is 7.65. The highest BCUT2D eigenvalue weighted by molar-refractivity contribution is 14.0. The summed E-state index contributed by atoms with van der Waals surface area (Å²) in [6.07, 6.45) is 1.79. The molecule has 1 heterocycles. The fourth-order valence-electron chi connectivity index (χ4n) is 3.52. The van der Waals surface area contributed by atoms with E-state index in [-0.39, 0.29) is 28.9 Å². The second-order valence-electron chi connectivity index (χ2n) is 7.61. The number of nitrogens with one attached hydrogen (secondary N) is 2. The maximum absolute atomic E-state index is 11.3. The van der Waals surface area contributed by atoms with Gasteiger partial charge in [0.2, 0.25) is 10.0 Å². The number of aryl methyl sites for hydroxylation is 1. The van der Waals surface area contributed by atoms with Crippen molar-refractivity contribution in [2.45, 2.75) is 37.6 Å². The van der Waals surface area contributed by atoms with Crippen molar-refractivity contribution in [2.24, 2.45) is 10.1 Å². The van der Waals surface area contributed by atoms with Gasteiger partial charge in [0.15, 0.2) is 5.96 Å². The van der Waals surface area contributed by atoms with Gasteiger partial charge in [-0.25, -0.2) is 13.6 Å². The molecule has 0 bridgehead atoms. The lowest BCUT2D eigenvalue weighted by Crippen LogP contribution is -2.44. The SMILES string of the molecule is CCNC(=NCCc1ccc(S(N)(=O)=O)cc1)NC1CCN(c2ccc(C)cc2)C1.I. The van der Waals surface area contributed by atoms with Crippen molar-refractivity contribution in [3.8, 4) is 0 Å². The summed E-state index contributed by atoms with van der Waals surface area (Å²) in [5, 5.41) is 12.0. The van der Waals surface area contributed by atoms with Gasteiger partial charge in [0.25, 0.3) is 0 Å². The minimum atomic E-state index is -3.65. The zero-order chi connectivity index (χ0) is 21.6. The molecular weight excluding hydrogens is 525 g/mol. The van der Waals surface area contributed by atoms with Gasteiger partial charge in [-0.15, -0.1) is 24.0 Å². The number of nitrogens with zero attached hydrogens (tertiary/aromatic N) is 2. The summed E-state index contributed by atoms with van der Waals surface area (Å²) >= 11 is 0. The van der Waals surface area contributed by atoms with E-state index >= 15 is 0 Å². The molecule has 0 saturated carbocycles. The van der Waals surface area contributed by atoms with Crippen LogP contribution < -0.4 is 20.7 Å². The van der Waals surface area contributed by atoms with Crippen molar-refractivity contribution >= 4 is 45.6 Å². The number of sulfonamides is 1. The lowest BCUT2D eigenvalue weighted by Gasteiger charge is -2.20. The first kappa shape index (κ1) is 25.4. The van der Waals surface area contributed by atoms with Gasteiger partial charge in [0, 0.05) is 37.9 Å². The molecule has 7 nitrogen and oxygen atoms in total. The van der Waals surface area contributed by atoms with Crippen LogP contribution in [0.25, 0.3) is 0 Å². The van der Waals surface area contributed by atoms with E-state index in [9.17, 15) is 8.42 Å². The number of rotatable bonds is 7. The van der Waals surface area contributed by atoms with Gasteiger partial charge in [0.05, 0.1) is 4.90 Å². The predicted octanol–water partition coefficient (Wildman–Crippen LogP) is 2.64. The molecule has 1 aliphatic heterocycles. The maximum Gasteiger partial charge on any atom is 0.238 e. The Morgan fingerprint density at radius 2 is 1.84 bits per heavy atom. The van der Waals surface area contributed by atoms with Crippen LogP contribution in [0.1, 0.15) is 24.5 Å². The molecule has 2 aromatic carbocycles. The first-order valence-corrected chi connectivity index (χ1v) is 11.9. The lowest BCUT2D eigenvalue weighted by molar-refractivity contribution is 0.598. The first-order valence-electron chi connectivity index (χ1n) is 10.3. The average Bonchev–Trinajstić information content (AvgIpc) is 3.17. The minimum absolute atomic E-state index is 0. The van der Waals surface area contributed by atoms with Crippen LogP contribution >= 0.6 is 24.0 Å². The number of aliphatic imine (C=N–C) groups is 1. The predicted molar refractivity (Wildman–Crippen MR) is 138 cm³/mol. The third-order valence-corrected chi connectivity index (χ3v) is 6.12. The van der Waals surface area contributed by atoms with Crippen LogP contribution in [-0.2, 0) is 16.4 Å². The van der Waals surface area contributed by atoms with Gasteiger partial charge >= 0.3 is 0 Å². The summed E-state index contributed by atoms with van der Waals surface area (Å²) < 4.78 is 22.7. The van der Waals surface area contributed by atoms with Crippen LogP contribution in [0, 0.1) is 6.92 Å². The Morgan fingerprint density at radius 3 is 2.45 bits per heavy atom. The molecule has 1 fully saturated rings. The van der Waals surface area contributed by atoms with Crippen molar-refractivity contribution in [1.82, 2.24) is 10.6 Å². The van der Waals surface area contributed by atoms with Crippen LogP contribution in [0.2, 0.25) is 0 Å². The zero-order valence-corrected chi connectivity index (χ0v) is 21.2.